The first-order chi connectivity index (χ1) is 22.4. The molecule has 1 aliphatic heterocycles. The summed E-state index contributed by atoms with van der Waals surface area (Å²) in [5.41, 5.74) is 8.67. The lowest BCUT2D eigenvalue weighted by atomic mass is 9.97. The molecule has 0 fully saturated rings. The Hall–Kier alpha value is -4.23. The summed E-state index contributed by atoms with van der Waals surface area (Å²) >= 11 is 0. The number of nitrogens with zero attached hydrogens (tertiary/aromatic N) is 1. The van der Waals surface area contributed by atoms with Gasteiger partial charge in [-0.15, -0.1) is 0 Å². The zero-order valence-corrected chi connectivity index (χ0v) is 27.6. The van der Waals surface area contributed by atoms with E-state index in [0.717, 1.165) is 22.1 Å². The van der Waals surface area contributed by atoms with Crippen molar-refractivity contribution in [2.75, 3.05) is 32.0 Å². The predicted molar refractivity (Wildman–Crippen MR) is 181 cm³/mol. The van der Waals surface area contributed by atoms with Crippen LogP contribution in [-0.4, -0.2) is 62.1 Å². The van der Waals surface area contributed by atoms with Crippen LogP contribution in [0.5, 0.6) is 5.75 Å². The van der Waals surface area contributed by atoms with Crippen molar-refractivity contribution in [1.82, 2.24) is 14.9 Å². The van der Waals surface area contributed by atoms with E-state index >= 15 is 0 Å². The number of amides is 1. The van der Waals surface area contributed by atoms with Gasteiger partial charge in [-0.25, -0.2) is 13.2 Å². The molecule has 0 saturated heterocycles. The first kappa shape index (κ1) is 34.1. The van der Waals surface area contributed by atoms with Crippen LogP contribution in [0.4, 0.5) is 5.69 Å². The number of carbonyl (C=O) groups excluding carboxylic acids is 1. The minimum atomic E-state index is -3.96. The summed E-state index contributed by atoms with van der Waals surface area (Å²) in [5.74, 6) is 0.273. The smallest absolute Gasteiger partial charge is 0.336 e. The molecule has 0 bridgehead atoms. The lowest BCUT2D eigenvalue weighted by Crippen LogP contribution is -2.52. The predicted octanol–water partition coefficient (Wildman–Crippen LogP) is 3.53. The molecule has 5 N–H and O–H groups in total. The molecule has 47 heavy (non-hydrogen) atoms. The monoisotopic (exact) mass is 662 g/mol. The summed E-state index contributed by atoms with van der Waals surface area (Å²) in [4.78, 5) is 25.5. The van der Waals surface area contributed by atoms with Gasteiger partial charge in [0.1, 0.15) is 11.3 Å². The standard InChI is InChI=1S/C35H42N4O7S/c1-22(2)20-39(47(43,44)26-11-9-25(36)10-12-26)21-31(40)30(16-24-7-5-4-6-8-24)38-34(41)19-37-29-13-14-45-32-17-27-23(3)15-35(42)46-33(27)18-28(29)32/h4-12,15,17-18,22,29-31,37,40H,13-14,16,19-21,36H2,1-3H3,(H,38,41)/t29?,30-,31+/m0/s1. The molecule has 1 aromatic heterocycles. The lowest BCUT2D eigenvalue weighted by Gasteiger charge is -2.31. The lowest BCUT2D eigenvalue weighted by molar-refractivity contribution is -0.122. The van der Waals surface area contributed by atoms with Crippen LogP contribution in [0.1, 0.15) is 43.0 Å². The van der Waals surface area contributed by atoms with Crippen LogP contribution in [0.15, 0.2) is 86.9 Å². The van der Waals surface area contributed by atoms with Gasteiger partial charge in [0.05, 0.1) is 30.2 Å². The average molecular weight is 663 g/mol. The number of aliphatic hydroxyl groups is 1. The van der Waals surface area contributed by atoms with Crippen LogP contribution in [0, 0.1) is 12.8 Å². The summed E-state index contributed by atoms with van der Waals surface area (Å²) in [6, 6.07) is 19.4. The van der Waals surface area contributed by atoms with Crippen molar-refractivity contribution in [3.8, 4) is 5.75 Å². The third-order valence-electron chi connectivity index (χ3n) is 8.22. The Balaban J connectivity index is 1.33. The van der Waals surface area contributed by atoms with Gasteiger partial charge in [0, 0.05) is 48.3 Å². The number of ether oxygens (including phenoxy) is 1. The molecule has 12 heteroatoms. The number of aryl methyl sites for hydroxylation is 1. The molecule has 0 radical (unpaired) electrons. The highest BCUT2D eigenvalue weighted by molar-refractivity contribution is 7.89. The Morgan fingerprint density at radius 3 is 2.49 bits per heavy atom. The molecule has 11 nitrogen and oxygen atoms in total. The molecule has 1 aliphatic rings. The highest BCUT2D eigenvalue weighted by atomic mass is 32.2. The van der Waals surface area contributed by atoms with Crippen molar-refractivity contribution >= 4 is 32.6 Å². The summed E-state index contributed by atoms with van der Waals surface area (Å²) in [6.45, 7) is 5.96. The van der Waals surface area contributed by atoms with E-state index < -0.39 is 27.8 Å². The number of nitrogen functional groups attached to an aromatic ring is 1. The van der Waals surface area contributed by atoms with Crippen molar-refractivity contribution in [1.29, 1.82) is 0 Å². The topological polar surface area (TPSA) is 164 Å². The van der Waals surface area contributed by atoms with Crippen LogP contribution in [0.3, 0.4) is 0 Å². The van der Waals surface area contributed by atoms with Crippen molar-refractivity contribution in [3.05, 3.63) is 99.9 Å². The van der Waals surface area contributed by atoms with Gasteiger partial charge in [0.2, 0.25) is 15.9 Å². The van der Waals surface area contributed by atoms with Crippen LogP contribution >= 0.6 is 0 Å². The van der Waals surface area contributed by atoms with E-state index in [-0.39, 0.29) is 48.8 Å². The number of sulfonamides is 1. The van der Waals surface area contributed by atoms with Gasteiger partial charge in [0.15, 0.2) is 0 Å². The second-order valence-electron chi connectivity index (χ2n) is 12.4. The SMILES string of the molecule is Cc1cc(=O)oc2cc3c(cc12)OCCC3NCC(=O)N[C@@H](Cc1ccccc1)[C@H](O)CN(CC(C)C)S(=O)(=O)c1ccc(N)cc1. The van der Waals surface area contributed by atoms with E-state index in [1.54, 1.807) is 6.07 Å². The van der Waals surface area contributed by atoms with Gasteiger partial charge in [-0.05, 0) is 66.8 Å². The first-order valence-electron chi connectivity index (χ1n) is 15.7. The Bertz CT molecular complexity index is 1860. The van der Waals surface area contributed by atoms with E-state index in [9.17, 15) is 23.1 Å². The summed E-state index contributed by atoms with van der Waals surface area (Å²) < 4.78 is 39.9. The fourth-order valence-electron chi connectivity index (χ4n) is 5.84. The largest absolute Gasteiger partial charge is 0.493 e. The average Bonchev–Trinajstić information content (AvgIpc) is 3.03. The number of nitrogens with two attached hydrogens (primary N) is 1. The third-order valence-corrected chi connectivity index (χ3v) is 10.1. The maximum absolute atomic E-state index is 13.7. The minimum absolute atomic E-state index is 0.0199. The normalized spacial score (nSPS) is 16.1. The van der Waals surface area contributed by atoms with Gasteiger partial charge < -0.3 is 30.6 Å². The summed E-state index contributed by atoms with van der Waals surface area (Å²) in [6.07, 6.45) is -0.344. The molecule has 1 unspecified atom stereocenters. The van der Waals surface area contributed by atoms with Gasteiger partial charge in [-0.2, -0.15) is 4.31 Å². The number of rotatable bonds is 13. The van der Waals surface area contributed by atoms with Gasteiger partial charge >= 0.3 is 5.63 Å². The van der Waals surface area contributed by atoms with Crippen LogP contribution < -0.4 is 26.7 Å². The molecule has 250 valence electrons. The number of aliphatic hydroxyl groups excluding tert-OH is 1. The van der Waals surface area contributed by atoms with Gasteiger partial charge in [-0.1, -0.05) is 44.2 Å². The van der Waals surface area contributed by atoms with Crippen molar-refractivity contribution in [2.24, 2.45) is 5.92 Å². The minimum Gasteiger partial charge on any atom is -0.493 e. The number of fused-ring (bicyclic) bond motifs is 2. The third kappa shape index (κ3) is 8.38. The highest BCUT2D eigenvalue weighted by Crippen LogP contribution is 2.36. The zero-order valence-electron chi connectivity index (χ0n) is 26.8. The second kappa shape index (κ2) is 14.7. The number of carbonyl (C=O) groups is 1. The molecular weight excluding hydrogens is 620 g/mol. The Labute approximate surface area is 274 Å². The van der Waals surface area contributed by atoms with E-state index in [1.165, 1.54) is 34.6 Å². The highest BCUT2D eigenvalue weighted by Gasteiger charge is 2.32. The number of nitrogens with one attached hydrogen (secondary N) is 2. The molecule has 2 heterocycles. The second-order valence-corrected chi connectivity index (χ2v) is 14.4. The van der Waals surface area contributed by atoms with Gasteiger partial charge in [-0.3, -0.25) is 4.79 Å². The van der Waals surface area contributed by atoms with E-state index in [2.05, 4.69) is 10.6 Å². The number of anilines is 1. The summed E-state index contributed by atoms with van der Waals surface area (Å²) in [5, 5.41) is 18.6. The molecular formula is C35H42N4O7S. The number of hydrogen-bond donors (Lipinski definition) is 4. The number of hydrogen-bond acceptors (Lipinski definition) is 9. The Morgan fingerprint density at radius 2 is 1.79 bits per heavy atom. The molecule has 4 aromatic rings. The number of benzene rings is 3. The molecule has 5 rings (SSSR count). The molecule has 3 aromatic carbocycles. The molecule has 0 spiro atoms. The van der Waals surface area contributed by atoms with Crippen LogP contribution in [-0.2, 0) is 21.2 Å². The van der Waals surface area contributed by atoms with Crippen molar-refractivity contribution < 1.29 is 27.5 Å². The van der Waals surface area contributed by atoms with E-state index in [0.29, 0.717) is 30.0 Å². The van der Waals surface area contributed by atoms with Crippen molar-refractivity contribution in [3.63, 3.8) is 0 Å². The maximum Gasteiger partial charge on any atom is 0.336 e. The van der Waals surface area contributed by atoms with Crippen molar-refractivity contribution in [2.45, 2.75) is 56.7 Å². The Morgan fingerprint density at radius 1 is 1.06 bits per heavy atom. The first-order valence-corrected chi connectivity index (χ1v) is 17.2. The fraction of sp³-hybridized carbons (Fsp3) is 0.371. The quantitative estimate of drug-likeness (QED) is 0.124. The fourth-order valence-corrected chi connectivity index (χ4v) is 7.46. The molecule has 3 atom stereocenters. The molecule has 0 aliphatic carbocycles. The van der Waals surface area contributed by atoms with E-state index in [1.807, 2.05) is 57.2 Å². The zero-order chi connectivity index (χ0) is 33.7. The van der Waals surface area contributed by atoms with Crippen LogP contribution in [0.25, 0.3) is 11.0 Å². The molecule has 1 amide bonds. The van der Waals surface area contributed by atoms with Crippen LogP contribution in [0.2, 0.25) is 0 Å². The summed E-state index contributed by atoms with van der Waals surface area (Å²) in [7, 11) is -3.96. The molecule has 0 saturated carbocycles. The van der Waals surface area contributed by atoms with E-state index in [4.69, 9.17) is 14.9 Å². The maximum atomic E-state index is 13.7. The Kier molecular flexibility index (Phi) is 10.7. The van der Waals surface area contributed by atoms with Gasteiger partial charge in [0.25, 0.3) is 0 Å².